The standard InChI is InChI=1S/C55H33NOS/c1-2-14-36-32-37(26-24-34(36)12-1)56(38-27-29-41-43-28-25-35-13-3-4-15-39(35)54(43)58-52(41)33-38)49-31-30-42-40-16-5-6-18-45(40)55(48-21-11-17-44(49)53(42)48)46-19-7-9-22-50(46)57-51-23-10-8-20-47(51)55/h1-33H. The van der Waals surface area contributed by atoms with Gasteiger partial charge in [-0.2, -0.15) is 0 Å². The largest absolute Gasteiger partial charge is 0.457 e. The third-order valence-corrected chi connectivity index (χ3v) is 13.9. The van der Waals surface area contributed by atoms with Crippen LogP contribution in [-0.4, -0.2) is 0 Å². The first-order chi connectivity index (χ1) is 28.8. The zero-order valence-electron chi connectivity index (χ0n) is 31.3. The molecule has 3 heteroatoms. The molecule has 11 aromatic rings. The molecule has 0 radical (unpaired) electrons. The Hall–Kier alpha value is -7.20. The van der Waals surface area contributed by atoms with Crippen molar-refractivity contribution in [2.45, 2.75) is 5.41 Å². The van der Waals surface area contributed by atoms with E-state index in [1.165, 1.54) is 85.9 Å². The molecule has 13 rings (SSSR count). The number of para-hydroxylation sites is 2. The summed E-state index contributed by atoms with van der Waals surface area (Å²) in [5.74, 6) is 1.80. The quantitative estimate of drug-likeness (QED) is 0.178. The fourth-order valence-corrected chi connectivity index (χ4v) is 11.5. The summed E-state index contributed by atoms with van der Waals surface area (Å²) < 4.78 is 9.31. The maximum absolute atomic E-state index is 6.69. The van der Waals surface area contributed by atoms with E-state index in [1.54, 1.807) is 0 Å². The minimum absolute atomic E-state index is 0.584. The van der Waals surface area contributed by atoms with E-state index in [2.05, 4.69) is 205 Å². The summed E-state index contributed by atoms with van der Waals surface area (Å²) in [6.45, 7) is 0. The molecule has 2 heterocycles. The summed E-state index contributed by atoms with van der Waals surface area (Å²) in [5.41, 5.74) is 10.2. The minimum atomic E-state index is -0.584. The van der Waals surface area contributed by atoms with E-state index in [0.29, 0.717) is 0 Å². The van der Waals surface area contributed by atoms with Crippen LogP contribution in [0.3, 0.4) is 0 Å². The molecule has 0 amide bonds. The van der Waals surface area contributed by atoms with Crippen molar-refractivity contribution in [3.05, 3.63) is 222 Å². The first kappa shape index (κ1) is 31.9. The van der Waals surface area contributed by atoms with Gasteiger partial charge in [0.2, 0.25) is 0 Å². The van der Waals surface area contributed by atoms with Crippen molar-refractivity contribution in [2.24, 2.45) is 0 Å². The molecule has 1 aromatic heterocycles. The normalized spacial score (nSPS) is 13.4. The monoisotopic (exact) mass is 755 g/mol. The molecule has 270 valence electrons. The van der Waals surface area contributed by atoms with Crippen LogP contribution in [-0.2, 0) is 5.41 Å². The predicted octanol–water partition coefficient (Wildman–Crippen LogP) is 15.5. The van der Waals surface area contributed by atoms with Crippen LogP contribution in [0.25, 0.3) is 63.6 Å². The van der Waals surface area contributed by atoms with Gasteiger partial charge in [-0.3, -0.25) is 0 Å². The summed E-state index contributed by atoms with van der Waals surface area (Å²) in [6, 6.07) is 73.8. The van der Waals surface area contributed by atoms with Crippen LogP contribution in [0.5, 0.6) is 11.5 Å². The van der Waals surface area contributed by atoms with Crippen molar-refractivity contribution in [3.63, 3.8) is 0 Å². The highest BCUT2D eigenvalue weighted by Gasteiger charge is 2.49. The average Bonchev–Trinajstić information content (AvgIpc) is 3.67. The van der Waals surface area contributed by atoms with E-state index < -0.39 is 5.41 Å². The van der Waals surface area contributed by atoms with Crippen molar-refractivity contribution in [2.75, 3.05) is 4.90 Å². The molecule has 2 aliphatic rings. The first-order valence-electron chi connectivity index (χ1n) is 19.9. The smallest absolute Gasteiger partial charge is 0.132 e. The van der Waals surface area contributed by atoms with Gasteiger partial charge >= 0.3 is 0 Å². The third kappa shape index (κ3) is 4.26. The molecule has 0 saturated carbocycles. The lowest BCUT2D eigenvalue weighted by Crippen LogP contribution is -2.36. The van der Waals surface area contributed by atoms with Crippen molar-refractivity contribution < 1.29 is 4.74 Å². The topological polar surface area (TPSA) is 12.5 Å². The minimum Gasteiger partial charge on any atom is -0.457 e. The molecular formula is C55H33NOS. The molecule has 0 N–H and O–H groups in total. The zero-order valence-corrected chi connectivity index (χ0v) is 32.1. The Morgan fingerprint density at radius 1 is 0.397 bits per heavy atom. The molecule has 0 bridgehead atoms. The number of ether oxygens (including phenoxy) is 1. The van der Waals surface area contributed by atoms with Crippen LogP contribution in [0, 0.1) is 0 Å². The molecule has 0 fully saturated rings. The highest BCUT2D eigenvalue weighted by Crippen LogP contribution is 2.62. The number of rotatable bonds is 3. The van der Waals surface area contributed by atoms with E-state index in [9.17, 15) is 0 Å². The van der Waals surface area contributed by atoms with Gasteiger partial charge in [0.1, 0.15) is 11.5 Å². The summed E-state index contributed by atoms with van der Waals surface area (Å²) in [6.07, 6.45) is 0. The second-order valence-electron chi connectivity index (χ2n) is 15.6. The average molecular weight is 756 g/mol. The van der Waals surface area contributed by atoms with Gasteiger partial charge in [-0.1, -0.05) is 158 Å². The number of thiophene rings is 1. The van der Waals surface area contributed by atoms with Crippen molar-refractivity contribution in [3.8, 4) is 22.6 Å². The molecular weight excluding hydrogens is 723 g/mol. The fourth-order valence-electron chi connectivity index (χ4n) is 10.3. The molecule has 1 spiro atoms. The maximum atomic E-state index is 6.69. The Kier molecular flexibility index (Phi) is 6.56. The van der Waals surface area contributed by atoms with E-state index in [4.69, 9.17) is 4.74 Å². The zero-order chi connectivity index (χ0) is 38.0. The van der Waals surface area contributed by atoms with Crippen molar-refractivity contribution in [1.82, 2.24) is 0 Å². The molecule has 10 aromatic carbocycles. The number of nitrogens with zero attached hydrogens (tertiary/aromatic N) is 1. The Balaban J connectivity index is 1.12. The van der Waals surface area contributed by atoms with Gasteiger partial charge in [-0.15, -0.1) is 11.3 Å². The number of hydrogen-bond donors (Lipinski definition) is 0. The van der Waals surface area contributed by atoms with E-state index in [-0.39, 0.29) is 0 Å². The van der Waals surface area contributed by atoms with Gasteiger partial charge in [-0.05, 0) is 91.6 Å². The second kappa shape index (κ2) is 11.9. The van der Waals surface area contributed by atoms with Gasteiger partial charge in [0.05, 0.1) is 11.1 Å². The Labute approximate surface area is 339 Å². The lowest BCUT2D eigenvalue weighted by molar-refractivity contribution is 0.435. The SMILES string of the molecule is c1ccc2c(c1)Oc1ccccc1C21c2ccccc2-c2ccc(N(c3ccc4ccccc4c3)c3ccc4c(c3)sc3c5ccccc5ccc43)c3cccc1c23. The summed E-state index contributed by atoms with van der Waals surface area (Å²) >= 11 is 1.89. The highest BCUT2D eigenvalue weighted by atomic mass is 32.1. The Morgan fingerprint density at radius 3 is 1.86 bits per heavy atom. The number of hydrogen-bond acceptors (Lipinski definition) is 3. The predicted molar refractivity (Wildman–Crippen MR) is 244 cm³/mol. The molecule has 1 aliphatic carbocycles. The van der Waals surface area contributed by atoms with Crippen LogP contribution in [0.15, 0.2) is 200 Å². The van der Waals surface area contributed by atoms with Gasteiger partial charge in [0.15, 0.2) is 0 Å². The maximum Gasteiger partial charge on any atom is 0.132 e. The van der Waals surface area contributed by atoms with E-state index >= 15 is 0 Å². The molecule has 1 aliphatic heterocycles. The van der Waals surface area contributed by atoms with Crippen LogP contribution >= 0.6 is 11.3 Å². The van der Waals surface area contributed by atoms with Crippen molar-refractivity contribution in [1.29, 1.82) is 0 Å². The molecule has 0 saturated heterocycles. The van der Waals surface area contributed by atoms with Gasteiger partial charge in [-0.25, -0.2) is 0 Å². The lowest BCUT2D eigenvalue weighted by atomic mass is 9.58. The summed E-state index contributed by atoms with van der Waals surface area (Å²) in [7, 11) is 0. The summed E-state index contributed by atoms with van der Waals surface area (Å²) in [4.78, 5) is 2.48. The van der Waals surface area contributed by atoms with Crippen molar-refractivity contribution >= 4 is 80.9 Å². The molecule has 2 nitrogen and oxygen atoms in total. The van der Waals surface area contributed by atoms with Crippen LogP contribution in [0.2, 0.25) is 0 Å². The van der Waals surface area contributed by atoms with Crippen LogP contribution < -0.4 is 9.64 Å². The highest BCUT2D eigenvalue weighted by molar-refractivity contribution is 7.26. The van der Waals surface area contributed by atoms with E-state index in [0.717, 1.165) is 28.6 Å². The lowest BCUT2D eigenvalue weighted by Gasteiger charge is -2.45. The second-order valence-corrected chi connectivity index (χ2v) is 16.6. The molecule has 0 atom stereocenters. The van der Waals surface area contributed by atoms with E-state index in [1.807, 2.05) is 11.3 Å². The fraction of sp³-hybridized carbons (Fsp3) is 0.0182. The van der Waals surface area contributed by atoms with Gasteiger partial charge in [0, 0.05) is 48.1 Å². The first-order valence-corrected chi connectivity index (χ1v) is 20.7. The number of benzene rings is 10. The van der Waals surface area contributed by atoms with Gasteiger partial charge < -0.3 is 9.64 Å². The Bertz CT molecular complexity index is 3480. The number of anilines is 3. The van der Waals surface area contributed by atoms with Gasteiger partial charge in [0.25, 0.3) is 0 Å². The van der Waals surface area contributed by atoms with Crippen LogP contribution in [0.1, 0.15) is 22.3 Å². The summed E-state index contributed by atoms with van der Waals surface area (Å²) in [5, 5.41) is 10.1. The third-order valence-electron chi connectivity index (χ3n) is 12.7. The van der Waals surface area contributed by atoms with Crippen LogP contribution in [0.4, 0.5) is 17.1 Å². The molecule has 58 heavy (non-hydrogen) atoms. The molecule has 0 unspecified atom stereocenters. The Morgan fingerprint density at radius 2 is 1.02 bits per heavy atom. The number of fused-ring (bicyclic) bond motifs is 14.